The first-order valence-corrected chi connectivity index (χ1v) is 6.23. The number of aliphatic hydroxyl groups excluding tert-OH is 2. The molecule has 0 bridgehead atoms. The molecule has 0 aliphatic heterocycles. The van der Waals surface area contributed by atoms with E-state index >= 15 is 0 Å². The normalized spacial score (nSPS) is 11.6. The molecule has 0 atom stereocenters. The van der Waals surface area contributed by atoms with E-state index in [2.05, 4.69) is 5.32 Å². The number of amides is 1. The van der Waals surface area contributed by atoms with Crippen LogP contribution in [0.25, 0.3) is 0 Å². The van der Waals surface area contributed by atoms with Crippen molar-refractivity contribution in [1.29, 1.82) is 0 Å². The van der Waals surface area contributed by atoms with Gasteiger partial charge in [-0.25, -0.2) is 0 Å². The van der Waals surface area contributed by atoms with Gasteiger partial charge in [-0.2, -0.15) is 0 Å². The van der Waals surface area contributed by atoms with E-state index in [1.165, 1.54) is 0 Å². The van der Waals surface area contributed by atoms with E-state index in [1.54, 1.807) is 11.8 Å². The summed E-state index contributed by atoms with van der Waals surface area (Å²) in [6, 6.07) is 0. The van der Waals surface area contributed by atoms with Gasteiger partial charge in [-0.15, -0.1) is 0 Å². The highest BCUT2D eigenvalue weighted by molar-refractivity contribution is 5.76. The number of hydrogen-bond donors (Lipinski definition) is 3. The topological polar surface area (TPSA) is 72.8 Å². The number of aliphatic hydroxyl groups is 2. The van der Waals surface area contributed by atoms with Gasteiger partial charge in [0, 0.05) is 38.0 Å². The molecule has 0 unspecified atom stereocenters. The van der Waals surface area contributed by atoms with Gasteiger partial charge < -0.3 is 20.4 Å². The molecule has 0 aromatic rings. The van der Waals surface area contributed by atoms with Crippen LogP contribution in [-0.2, 0) is 4.79 Å². The predicted octanol–water partition coefficient (Wildman–Crippen LogP) is -0.175. The number of hydrogen-bond acceptors (Lipinski definition) is 4. The molecule has 5 heteroatoms. The first-order valence-electron chi connectivity index (χ1n) is 6.23. The largest absolute Gasteiger partial charge is 0.396 e. The maximum absolute atomic E-state index is 11.7. The number of carbonyl (C=O) groups is 1. The molecule has 0 aromatic heterocycles. The Hall–Kier alpha value is -0.650. The highest BCUT2D eigenvalue weighted by atomic mass is 16.3. The summed E-state index contributed by atoms with van der Waals surface area (Å²) in [5.74, 6) is 0.136. The Balaban J connectivity index is 3.81. The van der Waals surface area contributed by atoms with E-state index in [4.69, 9.17) is 10.2 Å². The van der Waals surface area contributed by atoms with Crippen LogP contribution in [0.3, 0.4) is 0 Å². The van der Waals surface area contributed by atoms with Crippen molar-refractivity contribution in [3.8, 4) is 0 Å². The molecule has 3 N–H and O–H groups in total. The second kappa shape index (κ2) is 8.44. The molecular formula is C12H26N2O3. The van der Waals surface area contributed by atoms with Crippen LogP contribution in [0.2, 0.25) is 0 Å². The van der Waals surface area contributed by atoms with E-state index in [0.717, 1.165) is 13.1 Å². The summed E-state index contributed by atoms with van der Waals surface area (Å²) in [4.78, 5) is 13.4. The van der Waals surface area contributed by atoms with Crippen molar-refractivity contribution < 1.29 is 15.0 Å². The molecule has 0 spiro atoms. The van der Waals surface area contributed by atoms with E-state index in [9.17, 15) is 4.79 Å². The fourth-order valence-electron chi connectivity index (χ4n) is 1.48. The van der Waals surface area contributed by atoms with Crippen molar-refractivity contribution in [3.05, 3.63) is 0 Å². The van der Waals surface area contributed by atoms with E-state index in [1.807, 2.05) is 13.8 Å². The predicted molar refractivity (Wildman–Crippen MR) is 67.7 cm³/mol. The summed E-state index contributed by atoms with van der Waals surface area (Å²) < 4.78 is 0. The van der Waals surface area contributed by atoms with Crippen molar-refractivity contribution in [2.75, 3.05) is 39.4 Å². The zero-order valence-corrected chi connectivity index (χ0v) is 11.2. The molecule has 17 heavy (non-hydrogen) atoms. The van der Waals surface area contributed by atoms with Crippen LogP contribution in [0.5, 0.6) is 0 Å². The molecule has 0 saturated carbocycles. The molecule has 0 saturated heterocycles. The van der Waals surface area contributed by atoms with Gasteiger partial charge in [0.15, 0.2) is 0 Å². The molecule has 1 amide bonds. The molecule has 0 aliphatic rings. The summed E-state index contributed by atoms with van der Waals surface area (Å²) in [5.41, 5.74) is -0.516. The number of nitrogens with zero attached hydrogens (tertiary/aromatic N) is 1. The van der Waals surface area contributed by atoms with Gasteiger partial charge in [-0.1, -0.05) is 6.92 Å². The van der Waals surface area contributed by atoms with Crippen LogP contribution in [0.1, 0.15) is 27.2 Å². The molecular weight excluding hydrogens is 220 g/mol. The summed E-state index contributed by atoms with van der Waals surface area (Å²) in [5, 5.41) is 21.3. The van der Waals surface area contributed by atoms with Gasteiger partial charge in [0.1, 0.15) is 0 Å². The third-order valence-corrected chi connectivity index (χ3v) is 2.95. The number of rotatable bonds is 9. The van der Waals surface area contributed by atoms with Gasteiger partial charge in [0.2, 0.25) is 5.91 Å². The maximum atomic E-state index is 11.7. The first-order chi connectivity index (χ1) is 8.02. The summed E-state index contributed by atoms with van der Waals surface area (Å²) >= 11 is 0. The standard InChI is InChI=1S/C12H26N2O3/c1-4-14(5-2)11(17)6-7-13-8-12(3,9-15)10-16/h13,15-16H,4-10H2,1-3H3. The fraction of sp³-hybridized carbons (Fsp3) is 0.917. The number of nitrogens with one attached hydrogen (secondary N) is 1. The zero-order chi connectivity index (χ0) is 13.3. The van der Waals surface area contributed by atoms with Crippen molar-refractivity contribution >= 4 is 5.91 Å². The summed E-state index contributed by atoms with van der Waals surface area (Å²) in [6.45, 7) is 8.14. The van der Waals surface area contributed by atoms with Crippen molar-refractivity contribution in [1.82, 2.24) is 10.2 Å². The SMILES string of the molecule is CCN(CC)C(=O)CCNCC(C)(CO)CO. The van der Waals surface area contributed by atoms with Gasteiger partial charge in [-0.3, -0.25) is 4.79 Å². The minimum atomic E-state index is -0.516. The molecule has 0 aliphatic carbocycles. The zero-order valence-electron chi connectivity index (χ0n) is 11.2. The lowest BCUT2D eigenvalue weighted by molar-refractivity contribution is -0.130. The van der Waals surface area contributed by atoms with Gasteiger partial charge >= 0.3 is 0 Å². The minimum Gasteiger partial charge on any atom is -0.396 e. The molecule has 0 rings (SSSR count). The van der Waals surface area contributed by atoms with E-state index in [0.29, 0.717) is 19.5 Å². The smallest absolute Gasteiger partial charge is 0.223 e. The lowest BCUT2D eigenvalue weighted by Crippen LogP contribution is -2.39. The van der Waals surface area contributed by atoms with Crippen LogP contribution < -0.4 is 5.32 Å². The number of carbonyl (C=O) groups excluding carboxylic acids is 1. The second-order valence-electron chi connectivity index (χ2n) is 4.62. The van der Waals surface area contributed by atoms with Crippen LogP contribution in [0.15, 0.2) is 0 Å². The Morgan fingerprint density at radius 3 is 2.18 bits per heavy atom. The highest BCUT2D eigenvalue weighted by Crippen LogP contribution is 2.11. The van der Waals surface area contributed by atoms with E-state index in [-0.39, 0.29) is 19.1 Å². The fourth-order valence-corrected chi connectivity index (χ4v) is 1.48. The Morgan fingerprint density at radius 2 is 1.76 bits per heavy atom. The van der Waals surface area contributed by atoms with Crippen LogP contribution in [-0.4, -0.2) is 60.4 Å². The van der Waals surface area contributed by atoms with Gasteiger partial charge in [0.25, 0.3) is 0 Å². The molecule has 0 radical (unpaired) electrons. The Labute approximate surface area is 104 Å². The first kappa shape index (κ1) is 16.4. The monoisotopic (exact) mass is 246 g/mol. The lowest BCUT2D eigenvalue weighted by atomic mass is 9.93. The minimum absolute atomic E-state index is 0.0690. The molecule has 0 fully saturated rings. The Kier molecular flexibility index (Phi) is 8.12. The Bertz CT molecular complexity index is 214. The van der Waals surface area contributed by atoms with Gasteiger partial charge in [0.05, 0.1) is 13.2 Å². The molecule has 0 aromatic carbocycles. The third-order valence-electron chi connectivity index (χ3n) is 2.95. The molecule has 5 nitrogen and oxygen atoms in total. The highest BCUT2D eigenvalue weighted by Gasteiger charge is 2.21. The average Bonchev–Trinajstić information content (AvgIpc) is 2.36. The van der Waals surface area contributed by atoms with Crippen LogP contribution in [0.4, 0.5) is 0 Å². The maximum Gasteiger partial charge on any atom is 0.223 e. The molecule has 0 heterocycles. The molecule has 102 valence electrons. The lowest BCUT2D eigenvalue weighted by Gasteiger charge is -2.25. The average molecular weight is 246 g/mol. The van der Waals surface area contributed by atoms with Crippen molar-refractivity contribution in [3.63, 3.8) is 0 Å². The third kappa shape index (κ3) is 6.00. The Morgan fingerprint density at radius 1 is 1.24 bits per heavy atom. The van der Waals surface area contributed by atoms with Crippen LogP contribution >= 0.6 is 0 Å². The summed E-state index contributed by atoms with van der Waals surface area (Å²) in [7, 11) is 0. The van der Waals surface area contributed by atoms with Crippen molar-refractivity contribution in [2.45, 2.75) is 27.2 Å². The second-order valence-corrected chi connectivity index (χ2v) is 4.62. The summed E-state index contributed by atoms with van der Waals surface area (Å²) in [6.07, 6.45) is 0.453. The van der Waals surface area contributed by atoms with Gasteiger partial charge in [-0.05, 0) is 13.8 Å². The van der Waals surface area contributed by atoms with Crippen molar-refractivity contribution in [2.24, 2.45) is 5.41 Å². The van der Waals surface area contributed by atoms with Crippen LogP contribution in [0, 0.1) is 5.41 Å². The van der Waals surface area contributed by atoms with E-state index < -0.39 is 5.41 Å². The quantitative estimate of drug-likeness (QED) is 0.494.